The van der Waals surface area contributed by atoms with Crippen LogP contribution in [0.25, 0.3) is 0 Å². The highest BCUT2D eigenvalue weighted by Gasteiger charge is 2.14. The molecule has 0 radical (unpaired) electrons. The van der Waals surface area contributed by atoms with Gasteiger partial charge in [-0.05, 0) is 47.7 Å². The molecule has 1 N–H and O–H groups in total. The number of carbonyl (C=O) groups is 1. The fourth-order valence-corrected chi connectivity index (χ4v) is 2.08. The Bertz CT molecular complexity index is 711. The summed E-state index contributed by atoms with van der Waals surface area (Å²) >= 11 is 0. The minimum absolute atomic E-state index is 0.0479. The van der Waals surface area contributed by atoms with Crippen LogP contribution in [0.15, 0.2) is 53.6 Å². The molecular weight excluding hydrogens is 291 g/mol. The molecule has 0 aliphatic rings. The molecule has 3 nitrogen and oxygen atoms in total. The molecule has 0 bridgehead atoms. The highest BCUT2D eigenvalue weighted by atomic mass is 19.1. The second-order valence-corrected chi connectivity index (χ2v) is 6.47. The molecule has 0 saturated heterocycles. The van der Waals surface area contributed by atoms with Gasteiger partial charge in [0.25, 0.3) is 5.91 Å². The van der Waals surface area contributed by atoms with Crippen molar-refractivity contribution in [2.24, 2.45) is 5.10 Å². The van der Waals surface area contributed by atoms with E-state index in [1.807, 2.05) is 12.1 Å². The first-order valence-electron chi connectivity index (χ1n) is 7.48. The van der Waals surface area contributed by atoms with Crippen LogP contribution < -0.4 is 5.43 Å². The van der Waals surface area contributed by atoms with Crippen LogP contribution in [0.3, 0.4) is 0 Å². The number of nitrogens with one attached hydrogen (secondary N) is 1. The maximum absolute atomic E-state index is 12.9. The fourth-order valence-electron chi connectivity index (χ4n) is 2.08. The van der Waals surface area contributed by atoms with E-state index in [0.717, 1.165) is 5.56 Å². The van der Waals surface area contributed by atoms with E-state index in [2.05, 4.69) is 31.3 Å². The summed E-state index contributed by atoms with van der Waals surface area (Å²) in [5.74, 6) is -0.573. The molecule has 1 amide bonds. The Morgan fingerprint density at radius 2 is 1.48 bits per heavy atom. The quantitative estimate of drug-likeness (QED) is 0.667. The first kappa shape index (κ1) is 16.9. The standard InChI is InChI=1S/C19H21FN2O/c1-13(14-7-11-17(20)12-8-14)21-22-18(23)15-5-9-16(10-6-15)19(2,3)4/h5-12H,1-4H3,(H,22,23). The largest absolute Gasteiger partial charge is 0.271 e. The summed E-state index contributed by atoms with van der Waals surface area (Å²) in [6, 6.07) is 13.5. The Morgan fingerprint density at radius 1 is 0.957 bits per heavy atom. The highest BCUT2D eigenvalue weighted by molar-refractivity contribution is 6.00. The summed E-state index contributed by atoms with van der Waals surface area (Å²) in [4.78, 5) is 12.1. The lowest BCUT2D eigenvalue weighted by Gasteiger charge is -2.18. The second-order valence-electron chi connectivity index (χ2n) is 6.47. The zero-order valence-electron chi connectivity index (χ0n) is 13.9. The number of hydrogen-bond acceptors (Lipinski definition) is 2. The number of carbonyl (C=O) groups excluding carboxylic acids is 1. The Balaban J connectivity index is 2.07. The lowest BCUT2D eigenvalue weighted by atomic mass is 9.87. The third-order valence-corrected chi connectivity index (χ3v) is 3.60. The molecule has 2 aromatic rings. The molecule has 0 aliphatic heterocycles. The van der Waals surface area contributed by atoms with Crippen LogP contribution in [0.2, 0.25) is 0 Å². The SMILES string of the molecule is CC(=NNC(=O)c1ccc(C(C)(C)C)cc1)c1ccc(F)cc1. The zero-order valence-corrected chi connectivity index (χ0v) is 13.9. The van der Waals surface area contributed by atoms with E-state index in [-0.39, 0.29) is 17.1 Å². The van der Waals surface area contributed by atoms with Gasteiger partial charge in [-0.25, -0.2) is 9.82 Å². The molecule has 4 heteroatoms. The number of nitrogens with zero attached hydrogens (tertiary/aromatic N) is 1. The van der Waals surface area contributed by atoms with Crippen molar-refractivity contribution >= 4 is 11.6 Å². The molecule has 0 heterocycles. The number of benzene rings is 2. The molecule has 0 fully saturated rings. The molecule has 0 aliphatic carbocycles. The summed E-state index contributed by atoms with van der Waals surface area (Å²) in [7, 11) is 0. The molecule has 120 valence electrons. The smallest absolute Gasteiger partial charge is 0.267 e. The van der Waals surface area contributed by atoms with Crippen LogP contribution in [0.5, 0.6) is 0 Å². The second kappa shape index (κ2) is 6.73. The van der Waals surface area contributed by atoms with E-state index < -0.39 is 0 Å². The summed E-state index contributed by atoms with van der Waals surface area (Å²) in [5.41, 5.74) is 5.66. The maximum atomic E-state index is 12.9. The molecule has 0 atom stereocenters. The van der Waals surface area contributed by atoms with Gasteiger partial charge in [-0.1, -0.05) is 45.0 Å². The van der Waals surface area contributed by atoms with Crippen LogP contribution in [0, 0.1) is 5.82 Å². The van der Waals surface area contributed by atoms with E-state index in [1.165, 1.54) is 17.7 Å². The van der Waals surface area contributed by atoms with Gasteiger partial charge >= 0.3 is 0 Å². The van der Waals surface area contributed by atoms with Gasteiger partial charge in [0, 0.05) is 5.56 Å². The van der Waals surface area contributed by atoms with Crippen molar-refractivity contribution in [3.8, 4) is 0 Å². The van der Waals surface area contributed by atoms with Crippen LogP contribution in [-0.4, -0.2) is 11.6 Å². The summed E-state index contributed by atoms with van der Waals surface area (Å²) in [5, 5.41) is 4.07. The van der Waals surface area contributed by atoms with E-state index in [9.17, 15) is 9.18 Å². The van der Waals surface area contributed by atoms with Gasteiger partial charge in [-0.15, -0.1) is 0 Å². The van der Waals surface area contributed by atoms with Gasteiger partial charge in [0.1, 0.15) is 5.82 Å². The van der Waals surface area contributed by atoms with Crippen molar-refractivity contribution in [2.75, 3.05) is 0 Å². The van der Waals surface area contributed by atoms with Crippen LogP contribution in [-0.2, 0) is 5.41 Å². The zero-order chi connectivity index (χ0) is 17.0. The Kier molecular flexibility index (Phi) is 4.94. The average molecular weight is 312 g/mol. The fraction of sp³-hybridized carbons (Fsp3) is 0.263. The average Bonchev–Trinajstić information content (AvgIpc) is 2.52. The minimum atomic E-state index is -0.301. The first-order valence-corrected chi connectivity index (χ1v) is 7.48. The number of amides is 1. The number of rotatable bonds is 3. The Hall–Kier alpha value is -2.49. The van der Waals surface area contributed by atoms with Gasteiger partial charge in [-0.3, -0.25) is 4.79 Å². The molecule has 0 unspecified atom stereocenters. The van der Waals surface area contributed by atoms with Crippen molar-refractivity contribution in [1.29, 1.82) is 0 Å². The summed E-state index contributed by atoms with van der Waals surface area (Å²) in [6.45, 7) is 8.13. The van der Waals surface area contributed by atoms with Crippen LogP contribution in [0.4, 0.5) is 4.39 Å². The number of halogens is 1. The van der Waals surface area contributed by atoms with Crippen LogP contribution in [0.1, 0.15) is 49.2 Å². The third kappa shape index (κ3) is 4.49. The lowest BCUT2D eigenvalue weighted by Crippen LogP contribution is -2.20. The highest BCUT2D eigenvalue weighted by Crippen LogP contribution is 2.22. The first-order chi connectivity index (χ1) is 10.8. The van der Waals surface area contributed by atoms with Gasteiger partial charge < -0.3 is 0 Å². The predicted octanol–water partition coefficient (Wildman–Crippen LogP) is 4.28. The molecule has 2 rings (SSSR count). The van der Waals surface area contributed by atoms with Crippen molar-refractivity contribution in [1.82, 2.24) is 5.43 Å². The third-order valence-electron chi connectivity index (χ3n) is 3.60. The molecular formula is C19H21FN2O. The molecule has 23 heavy (non-hydrogen) atoms. The van der Waals surface area contributed by atoms with E-state index in [0.29, 0.717) is 11.3 Å². The van der Waals surface area contributed by atoms with E-state index in [4.69, 9.17) is 0 Å². The maximum Gasteiger partial charge on any atom is 0.271 e. The lowest BCUT2D eigenvalue weighted by molar-refractivity contribution is 0.0955. The summed E-state index contributed by atoms with van der Waals surface area (Å²) in [6.07, 6.45) is 0. The van der Waals surface area contributed by atoms with Gasteiger partial charge in [0.05, 0.1) is 5.71 Å². The van der Waals surface area contributed by atoms with Gasteiger partial charge in [0.2, 0.25) is 0 Å². The monoisotopic (exact) mass is 312 g/mol. The molecule has 0 spiro atoms. The van der Waals surface area contributed by atoms with Crippen molar-refractivity contribution in [3.05, 3.63) is 71.0 Å². The van der Waals surface area contributed by atoms with Gasteiger partial charge in [0.15, 0.2) is 0 Å². The number of hydrazone groups is 1. The van der Waals surface area contributed by atoms with Crippen molar-refractivity contribution in [2.45, 2.75) is 33.1 Å². The van der Waals surface area contributed by atoms with Crippen LogP contribution >= 0.6 is 0 Å². The summed E-state index contributed by atoms with van der Waals surface area (Å²) < 4.78 is 12.9. The van der Waals surface area contributed by atoms with Crippen molar-refractivity contribution in [3.63, 3.8) is 0 Å². The molecule has 0 aromatic heterocycles. The molecule has 2 aromatic carbocycles. The minimum Gasteiger partial charge on any atom is -0.267 e. The van der Waals surface area contributed by atoms with E-state index >= 15 is 0 Å². The Morgan fingerprint density at radius 3 is 2.00 bits per heavy atom. The van der Waals surface area contributed by atoms with E-state index in [1.54, 1.807) is 31.2 Å². The topological polar surface area (TPSA) is 41.5 Å². The molecule has 0 saturated carbocycles. The number of hydrogen-bond donors (Lipinski definition) is 1. The Labute approximate surface area is 136 Å². The van der Waals surface area contributed by atoms with Crippen molar-refractivity contribution < 1.29 is 9.18 Å². The predicted molar refractivity (Wildman–Crippen MR) is 91.2 cm³/mol. The van der Waals surface area contributed by atoms with Gasteiger partial charge in [-0.2, -0.15) is 5.10 Å². The normalized spacial score (nSPS) is 12.1.